The molecule has 0 unspecified atom stereocenters. The minimum Gasteiger partial charge on any atom is -0.494 e. The number of rotatable bonds is 5. The second-order valence-corrected chi connectivity index (χ2v) is 6.93. The highest BCUT2D eigenvalue weighted by atomic mass is 35.5. The van der Waals surface area contributed by atoms with Gasteiger partial charge in [-0.05, 0) is 23.8 Å². The molecule has 5 nitrogen and oxygen atoms in total. The predicted molar refractivity (Wildman–Crippen MR) is 111 cm³/mol. The third-order valence-corrected chi connectivity index (χ3v) is 4.99. The third kappa shape index (κ3) is 4.17. The van der Waals surface area contributed by atoms with Gasteiger partial charge in [0, 0.05) is 5.56 Å². The molecule has 0 spiro atoms. The maximum Gasteiger partial charge on any atom is 0.358 e. The summed E-state index contributed by atoms with van der Waals surface area (Å²) in [7, 11) is 1.45. The summed E-state index contributed by atoms with van der Waals surface area (Å²) < 4.78 is 10.5. The van der Waals surface area contributed by atoms with Crippen LogP contribution >= 0.6 is 34.8 Å². The molecule has 0 fully saturated rings. The minimum absolute atomic E-state index is 0.0128. The highest BCUT2D eigenvalue weighted by Gasteiger charge is 2.21. The molecule has 0 saturated heterocycles. The standard InChI is InChI=1S/C20H15Cl3N2O3/c1-27-19-13(21)8-7-12(16(19)22)15-9-14(24)17(23)18(25-15)20(26)28-10-11-5-3-2-4-6-11/h2-9H,10H2,1H3,(H2,24,25). The first-order chi connectivity index (χ1) is 13.4. The van der Waals surface area contributed by atoms with Gasteiger partial charge in [0.1, 0.15) is 6.61 Å². The Hall–Kier alpha value is -2.47. The van der Waals surface area contributed by atoms with E-state index in [9.17, 15) is 4.79 Å². The van der Waals surface area contributed by atoms with Crippen LogP contribution in [0.5, 0.6) is 5.75 Å². The maximum atomic E-state index is 12.5. The van der Waals surface area contributed by atoms with Crippen LogP contribution in [-0.2, 0) is 11.3 Å². The van der Waals surface area contributed by atoms with Gasteiger partial charge in [0.2, 0.25) is 0 Å². The number of carbonyl (C=O) groups is 1. The van der Waals surface area contributed by atoms with Crippen molar-refractivity contribution in [2.45, 2.75) is 6.61 Å². The van der Waals surface area contributed by atoms with Crippen LogP contribution in [0.3, 0.4) is 0 Å². The van der Waals surface area contributed by atoms with Crippen LogP contribution in [-0.4, -0.2) is 18.1 Å². The zero-order valence-corrected chi connectivity index (χ0v) is 17.0. The Morgan fingerprint density at radius 2 is 1.79 bits per heavy atom. The molecule has 144 valence electrons. The molecule has 2 aromatic carbocycles. The van der Waals surface area contributed by atoms with Crippen molar-refractivity contribution in [2.75, 3.05) is 12.8 Å². The van der Waals surface area contributed by atoms with E-state index in [-0.39, 0.29) is 28.0 Å². The molecular formula is C20H15Cl3N2O3. The Morgan fingerprint density at radius 3 is 2.46 bits per heavy atom. The lowest BCUT2D eigenvalue weighted by atomic mass is 10.1. The van der Waals surface area contributed by atoms with Crippen LogP contribution in [0.15, 0.2) is 48.5 Å². The van der Waals surface area contributed by atoms with Crippen molar-refractivity contribution in [1.29, 1.82) is 0 Å². The van der Waals surface area contributed by atoms with E-state index in [1.165, 1.54) is 13.2 Å². The summed E-state index contributed by atoms with van der Waals surface area (Å²) >= 11 is 18.6. The van der Waals surface area contributed by atoms with E-state index in [2.05, 4.69) is 4.98 Å². The Labute approximate surface area is 176 Å². The van der Waals surface area contributed by atoms with Crippen molar-refractivity contribution >= 4 is 46.5 Å². The van der Waals surface area contributed by atoms with E-state index < -0.39 is 5.97 Å². The van der Waals surface area contributed by atoms with Gasteiger partial charge in [0.25, 0.3) is 0 Å². The van der Waals surface area contributed by atoms with Gasteiger partial charge >= 0.3 is 5.97 Å². The summed E-state index contributed by atoms with van der Waals surface area (Å²) in [6.07, 6.45) is 0. The molecule has 0 amide bonds. The number of pyridine rings is 1. The number of halogens is 3. The summed E-state index contributed by atoms with van der Waals surface area (Å²) in [6, 6.07) is 14.0. The number of esters is 1. The molecule has 0 atom stereocenters. The fourth-order valence-corrected chi connectivity index (χ4v) is 3.33. The number of anilines is 1. The van der Waals surface area contributed by atoms with E-state index in [0.29, 0.717) is 22.0 Å². The monoisotopic (exact) mass is 436 g/mol. The number of methoxy groups -OCH3 is 1. The first kappa shape index (κ1) is 20.3. The molecule has 0 aliphatic heterocycles. The average Bonchev–Trinajstić information content (AvgIpc) is 2.69. The molecule has 1 heterocycles. The van der Waals surface area contributed by atoms with Gasteiger partial charge in [-0.15, -0.1) is 0 Å². The van der Waals surface area contributed by atoms with Crippen molar-refractivity contribution in [2.24, 2.45) is 0 Å². The van der Waals surface area contributed by atoms with E-state index >= 15 is 0 Å². The Kier molecular flexibility index (Phi) is 6.29. The fourth-order valence-electron chi connectivity index (χ4n) is 2.53. The zero-order valence-electron chi connectivity index (χ0n) is 14.7. The summed E-state index contributed by atoms with van der Waals surface area (Å²) in [5.74, 6) is -0.399. The van der Waals surface area contributed by atoms with Gasteiger partial charge < -0.3 is 15.2 Å². The molecule has 0 radical (unpaired) electrons. The Bertz CT molecular complexity index is 1030. The molecule has 28 heavy (non-hydrogen) atoms. The molecule has 3 rings (SSSR count). The summed E-state index contributed by atoms with van der Waals surface area (Å²) in [4.78, 5) is 16.8. The van der Waals surface area contributed by atoms with Crippen LogP contribution < -0.4 is 10.5 Å². The van der Waals surface area contributed by atoms with Gasteiger partial charge in [-0.1, -0.05) is 65.1 Å². The van der Waals surface area contributed by atoms with E-state index in [0.717, 1.165) is 5.56 Å². The summed E-state index contributed by atoms with van der Waals surface area (Å²) in [5.41, 5.74) is 7.71. The lowest BCUT2D eigenvalue weighted by Crippen LogP contribution is -2.10. The second kappa shape index (κ2) is 8.69. The van der Waals surface area contributed by atoms with Crippen LogP contribution in [0.25, 0.3) is 11.3 Å². The molecule has 3 aromatic rings. The van der Waals surface area contributed by atoms with E-state index in [1.807, 2.05) is 30.3 Å². The number of nitrogens with two attached hydrogens (primary N) is 1. The zero-order chi connectivity index (χ0) is 20.3. The number of ether oxygens (including phenoxy) is 2. The minimum atomic E-state index is -0.695. The van der Waals surface area contributed by atoms with Crippen molar-refractivity contribution in [3.05, 3.63) is 74.9 Å². The van der Waals surface area contributed by atoms with Gasteiger partial charge in [-0.2, -0.15) is 0 Å². The smallest absolute Gasteiger partial charge is 0.358 e. The predicted octanol–water partition coefficient (Wildman–Crippen LogP) is 5.66. The van der Waals surface area contributed by atoms with E-state index in [1.54, 1.807) is 12.1 Å². The molecular weight excluding hydrogens is 423 g/mol. The third-order valence-electron chi connectivity index (χ3n) is 3.92. The van der Waals surface area contributed by atoms with Crippen LogP contribution in [0.2, 0.25) is 15.1 Å². The van der Waals surface area contributed by atoms with Gasteiger partial charge in [0.15, 0.2) is 11.4 Å². The van der Waals surface area contributed by atoms with E-state index in [4.69, 9.17) is 50.0 Å². The molecule has 2 N–H and O–H groups in total. The lowest BCUT2D eigenvalue weighted by molar-refractivity contribution is 0.0466. The quantitative estimate of drug-likeness (QED) is 0.522. The summed E-state index contributed by atoms with van der Waals surface area (Å²) in [6.45, 7) is 0.0807. The van der Waals surface area contributed by atoms with Crippen LogP contribution in [0.1, 0.15) is 16.1 Å². The van der Waals surface area contributed by atoms with Crippen LogP contribution in [0.4, 0.5) is 5.69 Å². The first-order valence-corrected chi connectivity index (χ1v) is 9.25. The number of nitrogens with zero attached hydrogens (tertiary/aromatic N) is 1. The highest BCUT2D eigenvalue weighted by Crippen LogP contribution is 2.40. The maximum absolute atomic E-state index is 12.5. The molecule has 0 bridgehead atoms. The van der Waals surface area contributed by atoms with Crippen molar-refractivity contribution in [3.63, 3.8) is 0 Å². The Morgan fingerprint density at radius 1 is 1.07 bits per heavy atom. The average molecular weight is 438 g/mol. The van der Waals surface area contributed by atoms with Crippen LogP contribution in [0, 0.1) is 0 Å². The molecule has 0 saturated carbocycles. The largest absolute Gasteiger partial charge is 0.494 e. The number of hydrogen-bond acceptors (Lipinski definition) is 5. The van der Waals surface area contributed by atoms with Gasteiger partial charge in [-0.25, -0.2) is 9.78 Å². The number of aromatic nitrogens is 1. The lowest BCUT2D eigenvalue weighted by Gasteiger charge is -2.13. The number of carbonyl (C=O) groups excluding carboxylic acids is 1. The highest BCUT2D eigenvalue weighted by molar-refractivity contribution is 6.39. The molecule has 8 heteroatoms. The number of benzene rings is 2. The second-order valence-electron chi connectivity index (χ2n) is 5.76. The molecule has 0 aliphatic rings. The normalized spacial score (nSPS) is 10.6. The van der Waals surface area contributed by atoms with Gasteiger partial charge in [-0.3, -0.25) is 0 Å². The Balaban J connectivity index is 1.96. The van der Waals surface area contributed by atoms with Crippen molar-refractivity contribution in [1.82, 2.24) is 4.98 Å². The fraction of sp³-hybridized carbons (Fsp3) is 0.100. The SMILES string of the molecule is COc1c(Cl)ccc(-c2cc(N)c(Cl)c(C(=O)OCc3ccccc3)n2)c1Cl. The molecule has 0 aliphatic carbocycles. The van der Waals surface area contributed by atoms with Gasteiger partial charge in [0.05, 0.1) is 33.6 Å². The van der Waals surface area contributed by atoms with Crippen molar-refractivity contribution in [3.8, 4) is 17.0 Å². The summed E-state index contributed by atoms with van der Waals surface area (Å²) in [5, 5.41) is 0.604. The number of hydrogen-bond donors (Lipinski definition) is 1. The van der Waals surface area contributed by atoms with Crippen molar-refractivity contribution < 1.29 is 14.3 Å². The molecule has 1 aromatic heterocycles. The first-order valence-electron chi connectivity index (χ1n) is 8.11. The topological polar surface area (TPSA) is 74.4 Å². The number of nitrogen functional groups attached to an aromatic ring is 1.